The van der Waals surface area contributed by atoms with Crippen molar-refractivity contribution in [2.75, 3.05) is 11.9 Å². The topological polar surface area (TPSA) is 71.5 Å². The van der Waals surface area contributed by atoms with E-state index < -0.39 is 17.7 Å². The van der Waals surface area contributed by atoms with E-state index in [1.54, 1.807) is 12.3 Å². The standard InChI is InChI=1S/C16H23N3O3/c1-11-7-8-17-13(10-11)18-14(20)12-6-5-9-19(12)15(21)22-16(2,3)4/h7-8,10,12H,5-6,9H2,1-4H3,(H,17,18,20)/t12-/m1/s1. The summed E-state index contributed by atoms with van der Waals surface area (Å²) in [6.07, 6.45) is 2.63. The first-order valence-electron chi connectivity index (χ1n) is 7.49. The van der Waals surface area contributed by atoms with E-state index in [0.29, 0.717) is 18.8 Å². The average molecular weight is 305 g/mol. The first-order chi connectivity index (χ1) is 10.3. The van der Waals surface area contributed by atoms with Gasteiger partial charge in [-0.15, -0.1) is 0 Å². The molecule has 1 fully saturated rings. The average Bonchev–Trinajstić information content (AvgIpc) is 2.85. The zero-order valence-corrected chi connectivity index (χ0v) is 13.5. The quantitative estimate of drug-likeness (QED) is 0.912. The number of hydrogen-bond acceptors (Lipinski definition) is 4. The molecule has 0 aliphatic carbocycles. The van der Waals surface area contributed by atoms with Crippen LogP contribution in [0.2, 0.25) is 0 Å². The Hall–Kier alpha value is -2.11. The molecule has 2 heterocycles. The zero-order chi connectivity index (χ0) is 16.3. The van der Waals surface area contributed by atoms with Crippen LogP contribution in [0.4, 0.5) is 10.6 Å². The summed E-state index contributed by atoms with van der Waals surface area (Å²) in [5, 5.41) is 2.77. The smallest absolute Gasteiger partial charge is 0.410 e. The molecular weight excluding hydrogens is 282 g/mol. The van der Waals surface area contributed by atoms with E-state index in [-0.39, 0.29) is 5.91 Å². The summed E-state index contributed by atoms with van der Waals surface area (Å²) < 4.78 is 5.36. The molecule has 1 atom stereocenters. The Labute approximate surface area is 130 Å². The number of hydrogen-bond donors (Lipinski definition) is 1. The third-order valence-electron chi connectivity index (χ3n) is 3.35. The first kappa shape index (κ1) is 16.3. The van der Waals surface area contributed by atoms with E-state index in [4.69, 9.17) is 4.74 Å². The summed E-state index contributed by atoms with van der Waals surface area (Å²) in [5.41, 5.74) is 0.444. The number of nitrogens with one attached hydrogen (secondary N) is 1. The number of anilines is 1. The summed E-state index contributed by atoms with van der Waals surface area (Å²) >= 11 is 0. The third-order valence-corrected chi connectivity index (χ3v) is 3.35. The van der Waals surface area contributed by atoms with E-state index in [9.17, 15) is 9.59 Å². The molecule has 1 aromatic heterocycles. The summed E-state index contributed by atoms with van der Waals surface area (Å²) in [5.74, 6) is 0.280. The third kappa shape index (κ3) is 4.19. The summed E-state index contributed by atoms with van der Waals surface area (Å²) in [6, 6.07) is 3.15. The van der Waals surface area contributed by atoms with Gasteiger partial charge >= 0.3 is 6.09 Å². The SMILES string of the molecule is Cc1ccnc(NC(=O)[C@H]2CCCN2C(=O)OC(C)(C)C)c1. The number of carbonyl (C=O) groups is 2. The highest BCUT2D eigenvalue weighted by Gasteiger charge is 2.36. The van der Waals surface area contributed by atoms with Gasteiger partial charge in [0.2, 0.25) is 5.91 Å². The van der Waals surface area contributed by atoms with Gasteiger partial charge in [-0.25, -0.2) is 9.78 Å². The monoisotopic (exact) mass is 305 g/mol. The van der Waals surface area contributed by atoms with Gasteiger partial charge in [-0.3, -0.25) is 9.69 Å². The van der Waals surface area contributed by atoms with Crippen LogP contribution in [0.1, 0.15) is 39.2 Å². The minimum absolute atomic E-state index is 0.221. The first-order valence-corrected chi connectivity index (χ1v) is 7.49. The second kappa shape index (κ2) is 6.34. The fraction of sp³-hybridized carbons (Fsp3) is 0.562. The maximum Gasteiger partial charge on any atom is 0.410 e. The van der Waals surface area contributed by atoms with Crippen molar-refractivity contribution in [3.8, 4) is 0 Å². The molecule has 0 bridgehead atoms. The molecule has 1 aromatic rings. The zero-order valence-electron chi connectivity index (χ0n) is 13.5. The van der Waals surface area contributed by atoms with Gasteiger partial charge in [-0.05, 0) is 58.2 Å². The van der Waals surface area contributed by atoms with Crippen LogP contribution in [-0.4, -0.2) is 40.1 Å². The number of carbonyl (C=O) groups excluding carboxylic acids is 2. The molecule has 2 amide bonds. The van der Waals surface area contributed by atoms with Gasteiger partial charge in [-0.2, -0.15) is 0 Å². The molecule has 0 saturated carbocycles. The fourth-order valence-electron chi connectivity index (χ4n) is 2.39. The Balaban J connectivity index is 2.03. The predicted octanol–water partition coefficient (Wildman–Crippen LogP) is 2.73. The van der Waals surface area contributed by atoms with Gasteiger partial charge < -0.3 is 10.1 Å². The molecule has 6 nitrogen and oxygen atoms in total. The molecule has 0 spiro atoms. The van der Waals surface area contributed by atoms with E-state index in [2.05, 4.69) is 10.3 Å². The number of nitrogens with zero attached hydrogens (tertiary/aromatic N) is 2. The van der Waals surface area contributed by atoms with E-state index in [0.717, 1.165) is 12.0 Å². The van der Waals surface area contributed by atoms with Crippen molar-refractivity contribution >= 4 is 17.8 Å². The molecule has 1 aliphatic rings. The van der Waals surface area contributed by atoms with Gasteiger partial charge in [0.15, 0.2) is 0 Å². The lowest BCUT2D eigenvalue weighted by Crippen LogP contribution is -2.45. The van der Waals surface area contributed by atoms with Crippen molar-refractivity contribution in [2.24, 2.45) is 0 Å². The number of likely N-dealkylation sites (tertiary alicyclic amines) is 1. The van der Waals surface area contributed by atoms with Gasteiger partial charge in [0.1, 0.15) is 17.5 Å². The van der Waals surface area contributed by atoms with Gasteiger partial charge in [0.25, 0.3) is 0 Å². The largest absolute Gasteiger partial charge is 0.444 e. The van der Waals surface area contributed by atoms with Crippen molar-refractivity contribution in [1.82, 2.24) is 9.88 Å². The molecule has 2 rings (SSSR count). The van der Waals surface area contributed by atoms with Gasteiger partial charge in [0.05, 0.1) is 0 Å². The van der Waals surface area contributed by atoms with Gasteiger partial charge in [-0.1, -0.05) is 0 Å². The Morgan fingerprint density at radius 3 is 2.77 bits per heavy atom. The number of ether oxygens (including phenoxy) is 1. The van der Waals surface area contributed by atoms with Crippen molar-refractivity contribution in [3.63, 3.8) is 0 Å². The fourth-order valence-corrected chi connectivity index (χ4v) is 2.39. The Bertz CT molecular complexity index is 566. The van der Waals surface area contributed by atoms with Crippen molar-refractivity contribution in [3.05, 3.63) is 23.9 Å². The number of amides is 2. The van der Waals surface area contributed by atoms with Crippen molar-refractivity contribution in [2.45, 2.75) is 52.2 Å². The van der Waals surface area contributed by atoms with Crippen LogP contribution < -0.4 is 5.32 Å². The molecule has 1 aliphatic heterocycles. The van der Waals surface area contributed by atoms with E-state index in [1.165, 1.54) is 4.90 Å². The number of aromatic nitrogens is 1. The van der Waals surface area contributed by atoms with E-state index in [1.807, 2.05) is 33.8 Å². The summed E-state index contributed by atoms with van der Waals surface area (Å²) in [6.45, 7) is 7.90. The van der Waals surface area contributed by atoms with E-state index >= 15 is 0 Å². The lowest BCUT2D eigenvalue weighted by atomic mass is 10.2. The Morgan fingerprint density at radius 1 is 1.41 bits per heavy atom. The van der Waals surface area contributed by atoms with Crippen LogP contribution >= 0.6 is 0 Å². The minimum Gasteiger partial charge on any atom is -0.444 e. The molecule has 120 valence electrons. The number of pyridine rings is 1. The van der Waals surface area contributed by atoms with Crippen LogP contribution in [0.15, 0.2) is 18.3 Å². The number of aryl methyl sites for hydroxylation is 1. The minimum atomic E-state index is -0.571. The van der Waals surface area contributed by atoms with Crippen molar-refractivity contribution in [1.29, 1.82) is 0 Å². The normalized spacial score (nSPS) is 18.2. The predicted molar refractivity (Wildman–Crippen MR) is 83.6 cm³/mol. The maximum absolute atomic E-state index is 12.4. The Morgan fingerprint density at radius 2 is 2.14 bits per heavy atom. The second-order valence-corrected chi connectivity index (χ2v) is 6.54. The number of rotatable bonds is 2. The summed E-state index contributed by atoms with van der Waals surface area (Å²) in [4.78, 5) is 30.2. The second-order valence-electron chi connectivity index (χ2n) is 6.54. The molecule has 1 N–H and O–H groups in total. The Kier molecular flexibility index (Phi) is 4.68. The lowest BCUT2D eigenvalue weighted by Gasteiger charge is -2.27. The van der Waals surface area contributed by atoms with Crippen LogP contribution in [0, 0.1) is 6.92 Å². The van der Waals surface area contributed by atoms with Crippen molar-refractivity contribution < 1.29 is 14.3 Å². The van der Waals surface area contributed by atoms with Crippen LogP contribution in [0.25, 0.3) is 0 Å². The molecular formula is C16H23N3O3. The lowest BCUT2D eigenvalue weighted by molar-refractivity contribution is -0.120. The molecule has 22 heavy (non-hydrogen) atoms. The molecule has 0 aromatic carbocycles. The highest BCUT2D eigenvalue weighted by Crippen LogP contribution is 2.22. The molecule has 1 saturated heterocycles. The van der Waals surface area contributed by atoms with Gasteiger partial charge in [0, 0.05) is 12.7 Å². The molecule has 0 radical (unpaired) electrons. The van der Waals surface area contributed by atoms with Crippen LogP contribution in [0.5, 0.6) is 0 Å². The highest BCUT2D eigenvalue weighted by atomic mass is 16.6. The molecule has 0 unspecified atom stereocenters. The van der Waals surface area contributed by atoms with Crippen LogP contribution in [0.3, 0.4) is 0 Å². The maximum atomic E-state index is 12.4. The van der Waals surface area contributed by atoms with Crippen LogP contribution in [-0.2, 0) is 9.53 Å². The molecule has 6 heteroatoms. The highest BCUT2D eigenvalue weighted by molar-refractivity contribution is 5.96. The summed E-state index contributed by atoms with van der Waals surface area (Å²) in [7, 11) is 0.